The summed E-state index contributed by atoms with van der Waals surface area (Å²) in [4.78, 5) is 29.7. The Hall–Kier alpha value is -2.67. The fourth-order valence-corrected chi connectivity index (χ4v) is 3.71. The highest BCUT2D eigenvalue weighted by molar-refractivity contribution is 6.06. The van der Waals surface area contributed by atoms with Crippen molar-refractivity contribution in [2.24, 2.45) is 0 Å². The van der Waals surface area contributed by atoms with Gasteiger partial charge in [-0.05, 0) is 44.6 Å². The summed E-state index contributed by atoms with van der Waals surface area (Å²) in [6.07, 6.45) is 2.60. The van der Waals surface area contributed by atoms with E-state index in [-0.39, 0.29) is 17.6 Å². The van der Waals surface area contributed by atoms with Crippen LogP contribution in [0.3, 0.4) is 0 Å². The van der Waals surface area contributed by atoms with E-state index in [0.29, 0.717) is 16.5 Å². The molecule has 0 unspecified atom stereocenters. The summed E-state index contributed by atoms with van der Waals surface area (Å²) in [5.74, 6) is -0.384. The van der Waals surface area contributed by atoms with Crippen molar-refractivity contribution in [3.63, 3.8) is 0 Å². The maximum absolute atomic E-state index is 12.5. The molecule has 0 aliphatic carbocycles. The number of aromatic nitrogens is 3. The molecule has 0 spiro atoms. The van der Waals surface area contributed by atoms with Crippen LogP contribution in [0.2, 0.25) is 0 Å². The van der Waals surface area contributed by atoms with E-state index in [4.69, 9.17) is 4.74 Å². The second-order valence-electron chi connectivity index (χ2n) is 6.71. The molecule has 1 atom stereocenters. The van der Waals surface area contributed by atoms with Gasteiger partial charge in [0.15, 0.2) is 0 Å². The molecule has 0 radical (unpaired) electrons. The summed E-state index contributed by atoms with van der Waals surface area (Å²) in [5.41, 5.74) is 2.59. The van der Waals surface area contributed by atoms with E-state index < -0.39 is 0 Å². The number of fused-ring (bicyclic) bond motifs is 3. The highest BCUT2D eigenvalue weighted by atomic mass is 16.5. The number of esters is 1. The van der Waals surface area contributed by atoms with Gasteiger partial charge in [-0.2, -0.15) is 5.10 Å². The third-order valence-electron chi connectivity index (χ3n) is 5.03. The lowest BCUT2D eigenvalue weighted by Crippen LogP contribution is -2.17. The number of nitrogens with one attached hydrogen (secondary N) is 1. The predicted octanol–water partition coefficient (Wildman–Crippen LogP) is 1.85. The molecule has 0 amide bonds. The number of likely N-dealkylation sites (N-methyl/N-ethyl adjacent to an activating group) is 1. The molecule has 0 bridgehead atoms. The van der Waals surface area contributed by atoms with Crippen LogP contribution in [0.4, 0.5) is 0 Å². The number of methoxy groups -OCH3 is 1. The van der Waals surface area contributed by atoms with Crippen LogP contribution in [0.1, 0.15) is 28.4 Å². The second kappa shape index (κ2) is 5.70. The highest BCUT2D eigenvalue weighted by Crippen LogP contribution is 2.29. The first kappa shape index (κ1) is 15.8. The van der Waals surface area contributed by atoms with Crippen LogP contribution < -0.4 is 5.56 Å². The van der Waals surface area contributed by atoms with Crippen LogP contribution in [0.5, 0.6) is 0 Å². The average molecular weight is 340 g/mol. The van der Waals surface area contributed by atoms with E-state index in [1.807, 2.05) is 17.7 Å². The summed E-state index contributed by atoms with van der Waals surface area (Å²) in [6.45, 7) is 3.72. The van der Waals surface area contributed by atoms with Gasteiger partial charge in [0.1, 0.15) is 0 Å². The molecule has 25 heavy (non-hydrogen) atoms. The third kappa shape index (κ3) is 2.42. The van der Waals surface area contributed by atoms with Gasteiger partial charge in [-0.3, -0.25) is 9.48 Å². The molecule has 1 aromatic carbocycles. The first-order valence-corrected chi connectivity index (χ1v) is 8.30. The molecule has 1 saturated heterocycles. The minimum atomic E-state index is -0.384. The number of ether oxygens (including phenoxy) is 1. The Kier molecular flexibility index (Phi) is 3.61. The van der Waals surface area contributed by atoms with Crippen LogP contribution in [0, 0.1) is 6.92 Å². The quantitative estimate of drug-likeness (QED) is 0.720. The number of aromatic amines is 1. The number of hydrogen-bond acceptors (Lipinski definition) is 5. The molecule has 1 aliphatic rings. The molecular formula is C18H20N4O3. The maximum atomic E-state index is 12.5. The molecule has 7 heteroatoms. The normalized spacial score (nSPS) is 18.3. The Morgan fingerprint density at radius 3 is 2.84 bits per heavy atom. The van der Waals surface area contributed by atoms with E-state index in [0.717, 1.165) is 36.0 Å². The van der Waals surface area contributed by atoms with Crippen LogP contribution in [0.15, 0.2) is 23.1 Å². The standard InChI is InChI=1S/C18H20N4O3/c1-10-6-15-13(7-12(10)18(24)25-3)16-14(17(23)20-15)8-19-22(16)11-4-5-21(2)9-11/h6-8,11H,4-5,9H2,1-3H3,(H,20,23)/t11-/m0/s1. The topological polar surface area (TPSA) is 80.2 Å². The van der Waals surface area contributed by atoms with Gasteiger partial charge < -0.3 is 14.6 Å². The zero-order valence-electron chi connectivity index (χ0n) is 14.5. The van der Waals surface area contributed by atoms with Gasteiger partial charge in [0, 0.05) is 11.9 Å². The van der Waals surface area contributed by atoms with Crippen LogP contribution >= 0.6 is 0 Å². The van der Waals surface area contributed by atoms with Gasteiger partial charge in [0.25, 0.3) is 5.56 Å². The largest absolute Gasteiger partial charge is 0.465 e. The van der Waals surface area contributed by atoms with Gasteiger partial charge in [0.2, 0.25) is 0 Å². The zero-order valence-corrected chi connectivity index (χ0v) is 14.5. The first-order valence-electron chi connectivity index (χ1n) is 8.30. The van der Waals surface area contributed by atoms with Crippen molar-refractivity contribution in [3.05, 3.63) is 39.8 Å². The summed E-state index contributed by atoms with van der Waals surface area (Å²) < 4.78 is 6.82. The van der Waals surface area contributed by atoms with Crippen molar-refractivity contribution >= 4 is 27.8 Å². The van der Waals surface area contributed by atoms with E-state index >= 15 is 0 Å². The van der Waals surface area contributed by atoms with Crippen molar-refractivity contribution in [2.45, 2.75) is 19.4 Å². The van der Waals surface area contributed by atoms with Gasteiger partial charge in [-0.15, -0.1) is 0 Å². The second-order valence-corrected chi connectivity index (χ2v) is 6.71. The number of aryl methyl sites for hydroxylation is 1. The maximum Gasteiger partial charge on any atom is 0.338 e. The van der Waals surface area contributed by atoms with Gasteiger partial charge >= 0.3 is 5.97 Å². The van der Waals surface area contributed by atoms with Gasteiger partial charge in [-0.25, -0.2) is 4.79 Å². The minimum Gasteiger partial charge on any atom is -0.465 e. The molecule has 3 heterocycles. The fraction of sp³-hybridized carbons (Fsp3) is 0.389. The SMILES string of the molecule is COC(=O)c1cc2c(cc1C)[nH]c(=O)c1cnn([C@H]3CCN(C)C3)c12. The smallest absolute Gasteiger partial charge is 0.338 e. The molecule has 1 N–H and O–H groups in total. The molecule has 2 aromatic heterocycles. The number of hydrogen-bond donors (Lipinski definition) is 1. The molecule has 0 saturated carbocycles. The van der Waals surface area contributed by atoms with Crippen LogP contribution in [-0.2, 0) is 4.74 Å². The number of H-pyrrole nitrogens is 1. The Balaban J connectivity index is 2.04. The first-order chi connectivity index (χ1) is 12.0. The molecule has 4 rings (SSSR count). The third-order valence-corrected chi connectivity index (χ3v) is 5.03. The van der Waals surface area contributed by atoms with Crippen molar-refractivity contribution in [1.82, 2.24) is 19.7 Å². The zero-order chi connectivity index (χ0) is 17.7. The molecule has 1 aliphatic heterocycles. The van der Waals surface area contributed by atoms with Crippen LogP contribution in [0.25, 0.3) is 21.8 Å². The number of carbonyl (C=O) groups is 1. The number of nitrogens with zero attached hydrogens (tertiary/aromatic N) is 3. The molecule has 3 aromatic rings. The van der Waals surface area contributed by atoms with Crippen molar-refractivity contribution in [1.29, 1.82) is 0 Å². The van der Waals surface area contributed by atoms with Crippen molar-refractivity contribution < 1.29 is 9.53 Å². The Bertz CT molecular complexity index is 1050. The lowest BCUT2D eigenvalue weighted by atomic mass is 10.0. The van der Waals surface area contributed by atoms with Crippen molar-refractivity contribution in [3.8, 4) is 0 Å². The number of benzene rings is 1. The Morgan fingerprint density at radius 1 is 1.36 bits per heavy atom. The Labute approximate surface area is 144 Å². The summed E-state index contributed by atoms with van der Waals surface area (Å²) in [5, 5.41) is 5.85. The lowest BCUT2D eigenvalue weighted by molar-refractivity contribution is 0.0600. The lowest BCUT2D eigenvalue weighted by Gasteiger charge is -2.14. The van der Waals surface area contributed by atoms with Gasteiger partial charge in [-0.1, -0.05) is 0 Å². The van der Waals surface area contributed by atoms with E-state index in [1.165, 1.54) is 7.11 Å². The average Bonchev–Trinajstić information content (AvgIpc) is 3.20. The fourth-order valence-electron chi connectivity index (χ4n) is 3.71. The van der Waals surface area contributed by atoms with E-state index in [2.05, 4.69) is 22.0 Å². The number of likely N-dealkylation sites (tertiary alicyclic amines) is 1. The summed E-state index contributed by atoms with van der Waals surface area (Å²) >= 11 is 0. The van der Waals surface area contributed by atoms with Gasteiger partial charge in [0.05, 0.1) is 41.3 Å². The van der Waals surface area contributed by atoms with E-state index in [9.17, 15) is 9.59 Å². The number of rotatable bonds is 2. The molecule has 130 valence electrons. The number of carbonyl (C=O) groups excluding carboxylic acids is 1. The summed E-state index contributed by atoms with van der Waals surface area (Å²) in [6, 6.07) is 3.84. The molecule has 7 nitrogen and oxygen atoms in total. The minimum absolute atomic E-state index is 0.162. The highest BCUT2D eigenvalue weighted by Gasteiger charge is 2.25. The molecular weight excluding hydrogens is 320 g/mol. The predicted molar refractivity (Wildman–Crippen MR) is 95.1 cm³/mol. The Morgan fingerprint density at radius 2 is 2.16 bits per heavy atom. The summed E-state index contributed by atoms with van der Waals surface area (Å²) in [7, 11) is 3.45. The van der Waals surface area contributed by atoms with E-state index in [1.54, 1.807) is 12.3 Å². The molecule has 1 fully saturated rings. The van der Waals surface area contributed by atoms with Crippen LogP contribution in [-0.4, -0.2) is 52.9 Å². The van der Waals surface area contributed by atoms with Crippen molar-refractivity contribution in [2.75, 3.05) is 27.2 Å². The monoisotopic (exact) mass is 340 g/mol. The number of pyridine rings is 1.